The molecular weight excluding hydrogens is 374 g/mol. The van der Waals surface area contributed by atoms with Crippen LogP contribution in [-0.4, -0.2) is 42.8 Å². The molecule has 0 aromatic carbocycles. The van der Waals surface area contributed by atoms with E-state index in [0.717, 1.165) is 18.4 Å². The molecule has 1 aromatic heterocycles. The van der Waals surface area contributed by atoms with E-state index in [1.165, 1.54) is 0 Å². The lowest BCUT2D eigenvalue weighted by atomic mass is 10.0. The van der Waals surface area contributed by atoms with Crippen molar-refractivity contribution >= 4 is 27.7 Å². The van der Waals surface area contributed by atoms with E-state index >= 15 is 0 Å². The highest BCUT2D eigenvalue weighted by Gasteiger charge is 2.61. The van der Waals surface area contributed by atoms with E-state index in [1.54, 1.807) is 0 Å². The van der Waals surface area contributed by atoms with Gasteiger partial charge in [-0.15, -0.1) is 0 Å². The maximum atomic E-state index is 12.6. The highest BCUT2D eigenvalue weighted by atomic mass is 79.9. The number of pyridine rings is 1. The van der Waals surface area contributed by atoms with Crippen molar-refractivity contribution in [2.75, 3.05) is 25.1 Å². The number of fused-ring (bicyclic) bond motifs is 2. The van der Waals surface area contributed by atoms with Crippen molar-refractivity contribution in [3.05, 3.63) is 34.5 Å². The van der Waals surface area contributed by atoms with E-state index in [4.69, 9.17) is 9.47 Å². The smallest absolute Gasteiger partial charge is 0.242 e. The Morgan fingerprint density at radius 3 is 2.92 bits per heavy atom. The van der Waals surface area contributed by atoms with Crippen LogP contribution in [0.4, 0.5) is 5.82 Å². The van der Waals surface area contributed by atoms with Crippen LogP contribution in [0.15, 0.2) is 28.9 Å². The van der Waals surface area contributed by atoms with Gasteiger partial charge in [0.05, 0.1) is 32.5 Å². The molecule has 2 fully saturated rings. The van der Waals surface area contributed by atoms with E-state index in [1.807, 2.05) is 24.3 Å². The minimum atomic E-state index is -0.192. The summed E-state index contributed by atoms with van der Waals surface area (Å²) in [4.78, 5) is 17.0. The molecular formula is C17H20BrN3O3. The van der Waals surface area contributed by atoms with E-state index in [2.05, 4.69) is 31.5 Å². The van der Waals surface area contributed by atoms with Gasteiger partial charge in [-0.25, -0.2) is 4.98 Å². The van der Waals surface area contributed by atoms with Gasteiger partial charge in [0.1, 0.15) is 10.4 Å². The second kappa shape index (κ2) is 6.55. The summed E-state index contributed by atoms with van der Waals surface area (Å²) in [5, 5.41) is 6.37. The molecule has 3 atom stereocenters. The number of carbonyl (C=O) groups is 1. The van der Waals surface area contributed by atoms with Crippen LogP contribution < -0.4 is 10.6 Å². The summed E-state index contributed by atoms with van der Waals surface area (Å²) in [6.07, 6.45) is 5.84. The van der Waals surface area contributed by atoms with Gasteiger partial charge in [0.2, 0.25) is 5.91 Å². The molecule has 1 saturated heterocycles. The number of anilines is 1. The van der Waals surface area contributed by atoms with Crippen molar-refractivity contribution in [1.82, 2.24) is 10.3 Å². The number of nitrogens with one attached hydrogen (secondary N) is 2. The summed E-state index contributed by atoms with van der Waals surface area (Å²) in [7, 11) is 0. The number of piperidine rings is 1. The third-order valence-corrected chi connectivity index (χ3v) is 5.39. The second-order valence-electron chi connectivity index (χ2n) is 6.68. The summed E-state index contributed by atoms with van der Waals surface area (Å²) in [5.74, 6) is 0.516. The highest BCUT2D eigenvalue weighted by Crippen LogP contribution is 2.54. The van der Waals surface area contributed by atoms with E-state index in [9.17, 15) is 4.79 Å². The van der Waals surface area contributed by atoms with Crippen LogP contribution in [0.5, 0.6) is 0 Å². The topological polar surface area (TPSA) is 72.5 Å². The fourth-order valence-electron chi connectivity index (χ4n) is 3.50. The highest BCUT2D eigenvalue weighted by molar-refractivity contribution is 9.10. The van der Waals surface area contributed by atoms with Crippen molar-refractivity contribution in [3.8, 4) is 0 Å². The summed E-state index contributed by atoms with van der Waals surface area (Å²) in [6.45, 7) is 2.18. The maximum absolute atomic E-state index is 12.6. The van der Waals surface area contributed by atoms with Gasteiger partial charge in [-0.05, 0) is 34.8 Å². The lowest BCUT2D eigenvalue weighted by Gasteiger charge is -2.17. The summed E-state index contributed by atoms with van der Waals surface area (Å²) in [6, 6.07) is 3.97. The number of carbonyl (C=O) groups excluding carboxylic acids is 1. The molecule has 0 radical (unpaired) electrons. The zero-order valence-electron chi connectivity index (χ0n) is 13.3. The van der Waals surface area contributed by atoms with E-state index < -0.39 is 0 Å². The molecule has 128 valence electrons. The van der Waals surface area contributed by atoms with E-state index in [-0.39, 0.29) is 17.4 Å². The Kier molecular flexibility index (Phi) is 4.42. The molecule has 24 heavy (non-hydrogen) atoms. The summed E-state index contributed by atoms with van der Waals surface area (Å²) < 4.78 is 12.1. The third-order valence-electron chi connectivity index (χ3n) is 4.95. The molecule has 7 heteroatoms. The molecule has 0 unspecified atom stereocenters. The Morgan fingerprint density at radius 1 is 1.21 bits per heavy atom. The molecule has 1 aromatic rings. The molecule has 3 aliphatic rings. The molecule has 2 N–H and O–H groups in total. The molecule has 1 saturated carbocycles. The number of hydrogen-bond acceptors (Lipinski definition) is 5. The Labute approximate surface area is 149 Å². The monoisotopic (exact) mass is 393 g/mol. The van der Waals surface area contributed by atoms with Gasteiger partial charge in [-0.3, -0.25) is 4.79 Å². The molecule has 6 nitrogen and oxygen atoms in total. The largest absolute Gasteiger partial charge is 0.377 e. The van der Waals surface area contributed by atoms with Crippen LogP contribution in [0.3, 0.4) is 0 Å². The molecule has 1 spiro atoms. The fraction of sp³-hybridized carbons (Fsp3) is 0.529. The van der Waals surface area contributed by atoms with Gasteiger partial charge in [0.15, 0.2) is 0 Å². The van der Waals surface area contributed by atoms with Crippen molar-refractivity contribution in [2.24, 2.45) is 5.41 Å². The Hall–Kier alpha value is -1.28. The fourth-order valence-corrected chi connectivity index (χ4v) is 3.81. The Bertz CT molecular complexity index is 681. The van der Waals surface area contributed by atoms with Crippen molar-refractivity contribution in [2.45, 2.75) is 31.5 Å². The average molecular weight is 394 g/mol. The molecule has 4 rings (SSSR count). The standard InChI is InChI=1S/C17H20BrN3O3/c18-14-4-3-11-9-23-5-1-2-6-24-10-17-7-12(19-13(17)8-17)16(22)21-15(11)20-14/h1-4,12-13,19H,5-10H2,(H,20,21,22)/b2-1-/t12-,13+,17-/m0/s1. The average Bonchev–Trinajstić information content (AvgIpc) is 3.11. The minimum absolute atomic E-state index is 0.0404. The van der Waals surface area contributed by atoms with Gasteiger partial charge in [-0.2, -0.15) is 0 Å². The molecule has 3 heterocycles. The van der Waals surface area contributed by atoms with Crippen LogP contribution in [-0.2, 0) is 20.9 Å². The number of hydrogen-bond donors (Lipinski definition) is 2. The van der Waals surface area contributed by atoms with Crippen LogP contribution >= 0.6 is 15.9 Å². The Morgan fingerprint density at radius 2 is 2.04 bits per heavy atom. The summed E-state index contributed by atoms with van der Waals surface area (Å²) >= 11 is 3.36. The Balaban J connectivity index is 1.55. The molecule has 2 bridgehead atoms. The molecule has 1 amide bonds. The number of rotatable bonds is 0. The van der Waals surface area contributed by atoms with Gasteiger partial charge in [-0.1, -0.05) is 18.2 Å². The minimum Gasteiger partial charge on any atom is -0.377 e. The first kappa shape index (κ1) is 16.2. The van der Waals surface area contributed by atoms with Gasteiger partial charge < -0.3 is 20.1 Å². The quantitative estimate of drug-likeness (QED) is 0.520. The normalized spacial score (nSPS) is 34.3. The van der Waals surface area contributed by atoms with Gasteiger partial charge >= 0.3 is 0 Å². The predicted molar refractivity (Wildman–Crippen MR) is 92.6 cm³/mol. The van der Waals surface area contributed by atoms with Gasteiger partial charge in [0.25, 0.3) is 0 Å². The maximum Gasteiger partial charge on any atom is 0.242 e. The predicted octanol–water partition coefficient (Wildman–Crippen LogP) is 2.01. The number of halogens is 1. The number of nitrogens with zero attached hydrogens (tertiary/aromatic N) is 1. The molecule has 1 aliphatic carbocycles. The first-order valence-corrected chi connectivity index (χ1v) is 8.98. The second-order valence-corrected chi connectivity index (χ2v) is 7.49. The van der Waals surface area contributed by atoms with E-state index in [0.29, 0.717) is 42.9 Å². The number of amides is 1. The summed E-state index contributed by atoms with van der Waals surface area (Å²) in [5.41, 5.74) is 0.990. The van der Waals surface area contributed by atoms with Crippen molar-refractivity contribution < 1.29 is 14.3 Å². The van der Waals surface area contributed by atoms with Crippen molar-refractivity contribution in [3.63, 3.8) is 0 Å². The zero-order valence-corrected chi connectivity index (χ0v) is 14.8. The first-order valence-electron chi connectivity index (χ1n) is 8.19. The SMILES string of the molecule is O=C1Nc2nc(Br)ccc2COC/C=C\COC[C@@]23C[C@@H]1N[C@@H]2C3. The first-order chi connectivity index (χ1) is 11.7. The number of aromatic nitrogens is 1. The lowest BCUT2D eigenvalue weighted by molar-refractivity contribution is -0.118. The zero-order chi connectivity index (χ0) is 16.6. The lowest BCUT2D eigenvalue weighted by Crippen LogP contribution is -2.38. The van der Waals surface area contributed by atoms with Crippen LogP contribution in [0.25, 0.3) is 0 Å². The van der Waals surface area contributed by atoms with Crippen LogP contribution in [0, 0.1) is 5.41 Å². The van der Waals surface area contributed by atoms with Crippen LogP contribution in [0.2, 0.25) is 0 Å². The molecule has 2 aliphatic heterocycles. The van der Waals surface area contributed by atoms with Gasteiger partial charge in [0, 0.05) is 17.0 Å². The number of ether oxygens (including phenoxy) is 2. The third kappa shape index (κ3) is 3.26. The van der Waals surface area contributed by atoms with Crippen LogP contribution in [0.1, 0.15) is 18.4 Å². The van der Waals surface area contributed by atoms with Crippen molar-refractivity contribution in [1.29, 1.82) is 0 Å².